The van der Waals surface area contributed by atoms with Crippen molar-refractivity contribution >= 4 is 34.8 Å². The molecule has 0 spiro atoms. The van der Waals surface area contributed by atoms with E-state index in [-0.39, 0.29) is 16.4 Å². The Morgan fingerprint density at radius 3 is 2.61 bits per heavy atom. The molecule has 1 aromatic carbocycles. The molecule has 0 radical (unpaired) electrons. The largest absolute Gasteiger partial charge is 0.459 e. The van der Waals surface area contributed by atoms with E-state index in [1.54, 1.807) is 24.3 Å². The number of ketones is 1. The van der Waals surface area contributed by atoms with E-state index in [4.69, 9.17) is 16.0 Å². The average Bonchev–Trinajstić information content (AvgIpc) is 3.38. The van der Waals surface area contributed by atoms with Crippen LogP contribution in [0.2, 0.25) is 5.02 Å². The summed E-state index contributed by atoms with van der Waals surface area (Å²) in [5, 5.41) is 16.2. The predicted octanol–water partition coefficient (Wildman–Crippen LogP) is 4.77. The van der Waals surface area contributed by atoms with Crippen molar-refractivity contribution in [3.8, 4) is 11.3 Å². The van der Waals surface area contributed by atoms with Crippen molar-refractivity contribution in [2.45, 2.75) is 17.9 Å². The first-order valence-corrected chi connectivity index (χ1v) is 10.2. The number of carbonyl (C=O) groups is 2. The topological polar surface area (TPSA) is 91.6 Å². The van der Waals surface area contributed by atoms with Crippen LogP contribution in [0.3, 0.4) is 0 Å². The van der Waals surface area contributed by atoms with Crippen LogP contribution in [-0.2, 0) is 0 Å². The van der Waals surface area contributed by atoms with Gasteiger partial charge in [-0.3, -0.25) is 4.79 Å². The highest BCUT2D eigenvalue weighted by Crippen LogP contribution is 2.45. The Morgan fingerprint density at radius 1 is 1.19 bits per heavy atom. The molecule has 1 aliphatic rings. The minimum absolute atomic E-state index is 0.00255. The normalized spacial score (nSPS) is 23.8. The number of amides is 2. The van der Waals surface area contributed by atoms with E-state index in [1.807, 2.05) is 0 Å². The fraction of sp³-hybridized carbons (Fsp3) is 0.200. The van der Waals surface area contributed by atoms with E-state index in [2.05, 4.69) is 5.32 Å². The molecule has 2 aromatic heterocycles. The molecule has 0 saturated carbocycles. The number of alkyl halides is 3. The highest BCUT2D eigenvalue weighted by Gasteiger charge is 2.67. The number of thiophene rings is 1. The highest BCUT2D eigenvalue weighted by atomic mass is 35.5. The van der Waals surface area contributed by atoms with Gasteiger partial charge in [-0.2, -0.15) is 13.2 Å². The molecule has 3 heterocycles. The van der Waals surface area contributed by atoms with Crippen molar-refractivity contribution in [1.29, 1.82) is 0 Å². The molecular weight excluding hydrogens is 457 g/mol. The number of urea groups is 1. The molecule has 3 N–H and O–H groups in total. The second-order valence-electron chi connectivity index (χ2n) is 6.87. The SMILES string of the molecule is O=C1N[C@H](c2ccc(-c3cccc(Cl)c3)o2)[C@@H](C(=O)c2cccs2)[C@](O)(C(F)(F)F)N1. The molecule has 0 aliphatic carbocycles. The molecule has 1 aliphatic heterocycles. The van der Waals surface area contributed by atoms with Gasteiger partial charge in [0.25, 0.3) is 0 Å². The highest BCUT2D eigenvalue weighted by molar-refractivity contribution is 7.12. The van der Waals surface area contributed by atoms with Gasteiger partial charge in [-0.1, -0.05) is 29.8 Å². The molecule has 3 atom stereocenters. The summed E-state index contributed by atoms with van der Waals surface area (Å²) in [6, 6.07) is 9.37. The predicted molar refractivity (Wildman–Crippen MR) is 107 cm³/mol. The number of Topliss-reactive ketones (excluding diaryl/α,β-unsaturated/α-hetero) is 1. The minimum atomic E-state index is -5.33. The lowest BCUT2D eigenvalue weighted by molar-refractivity contribution is -0.287. The molecule has 1 saturated heterocycles. The monoisotopic (exact) mass is 470 g/mol. The molecule has 0 unspecified atom stereocenters. The Bertz CT molecular complexity index is 1130. The van der Waals surface area contributed by atoms with Crippen molar-refractivity contribution < 1.29 is 32.3 Å². The third kappa shape index (κ3) is 3.82. The number of halogens is 4. The lowest BCUT2D eigenvalue weighted by atomic mass is 9.80. The number of carbonyl (C=O) groups excluding carboxylic acids is 2. The maximum Gasteiger partial charge on any atom is 0.437 e. The Labute approximate surface area is 182 Å². The molecular formula is C20H14ClF3N2O4S. The van der Waals surface area contributed by atoms with Crippen LogP contribution in [0.25, 0.3) is 11.3 Å². The maximum atomic E-state index is 13.9. The van der Waals surface area contributed by atoms with Crippen molar-refractivity contribution in [3.63, 3.8) is 0 Å². The van der Waals surface area contributed by atoms with Gasteiger partial charge in [0, 0.05) is 10.6 Å². The molecule has 0 bridgehead atoms. The second-order valence-corrected chi connectivity index (χ2v) is 8.26. The lowest BCUT2D eigenvalue weighted by Gasteiger charge is -2.44. The fourth-order valence-corrected chi connectivity index (χ4v) is 4.36. The zero-order valence-corrected chi connectivity index (χ0v) is 17.0. The Kier molecular flexibility index (Phi) is 5.32. The van der Waals surface area contributed by atoms with Crippen LogP contribution >= 0.6 is 22.9 Å². The van der Waals surface area contributed by atoms with E-state index >= 15 is 0 Å². The molecule has 6 nitrogen and oxygen atoms in total. The summed E-state index contributed by atoms with van der Waals surface area (Å²) in [6.07, 6.45) is -5.33. The number of furan rings is 1. The number of hydrogen-bond acceptors (Lipinski definition) is 5. The third-order valence-electron chi connectivity index (χ3n) is 4.90. The van der Waals surface area contributed by atoms with Gasteiger partial charge in [-0.05, 0) is 35.7 Å². The zero-order valence-electron chi connectivity index (χ0n) is 15.4. The summed E-state index contributed by atoms with van der Waals surface area (Å²) in [7, 11) is 0. The summed E-state index contributed by atoms with van der Waals surface area (Å²) in [6.45, 7) is 0. The molecule has 1 fully saturated rings. The van der Waals surface area contributed by atoms with Crippen LogP contribution < -0.4 is 10.6 Å². The van der Waals surface area contributed by atoms with E-state index in [1.165, 1.54) is 35.0 Å². The van der Waals surface area contributed by atoms with Crippen LogP contribution in [0.4, 0.5) is 18.0 Å². The lowest BCUT2D eigenvalue weighted by Crippen LogP contribution is -2.72. The van der Waals surface area contributed by atoms with Crippen LogP contribution in [0.15, 0.2) is 58.3 Å². The molecule has 3 aromatic rings. The quantitative estimate of drug-likeness (QED) is 0.479. The van der Waals surface area contributed by atoms with Gasteiger partial charge in [0.05, 0.1) is 4.88 Å². The van der Waals surface area contributed by atoms with E-state index < -0.39 is 35.7 Å². The van der Waals surface area contributed by atoms with Crippen LogP contribution in [0, 0.1) is 5.92 Å². The molecule has 31 heavy (non-hydrogen) atoms. The molecule has 162 valence electrons. The van der Waals surface area contributed by atoms with Gasteiger partial charge >= 0.3 is 12.2 Å². The smallest absolute Gasteiger partial charge is 0.437 e. The summed E-state index contributed by atoms with van der Waals surface area (Å²) in [5.41, 5.74) is -3.25. The number of nitrogens with one attached hydrogen (secondary N) is 2. The summed E-state index contributed by atoms with van der Waals surface area (Å²) in [5.74, 6) is -2.99. The Hall–Kier alpha value is -2.82. The van der Waals surface area contributed by atoms with Gasteiger partial charge in [0.2, 0.25) is 5.72 Å². The van der Waals surface area contributed by atoms with E-state index in [0.717, 1.165) is 11.3 Å². The first-order valence-electron chi connectivity index (χ1n) is 8.91. The Balaban J connectivity index is 1.80. The van der Waals surface area contributed by atoms with Crippen molar-refractivity contribution in [2.24, 2.45) is 5.92 Å². The molecule has 4 rings (SSSR count). The summed E-state index contributed by atoms with van der Waals surface area (Å²) in [4.78, 5) is 25.1. The Morgan fingerprint density at radius 2 is 1.97 bits per heavy atom. The fourth-order valence-electron chi connectivity index (χ4n) is 3.47. The van der Waals surface area contributed by atoms with Gasteiger partial charge in [0.15, 0.2) is 5.78 Å². The standard InChI is InChI=1S/C20H14ClF3N2O4S/c21-11-4-1-3-10(9-11)12-6-7-13(30-12)16-15(17(27)14-5-2-8-31-14)19(29,20(22,23)24)26-18(28)25-16/h1-9,15-16,29H,(H2,25,26,28)/t15-,16+,19-/m0/s1. The molecule has 2 amide bonds. The summed E-state index contributed by atoms with van der Waals surface area (Å²) >= 11 is 6.89. The van der Waals surface area contributed by atoms with E-state index in [9.17, 15) is 27.9 Å². The maximum absolute atomic E-state index is 13.9. The minimum Gasteiger partial charge on any atom is -0.459 e. The van der Waals surface area contributed by atoms with Crippen LogP contribution in [-0.4, -0.2) is 28.8 Å². The number of aliphatic hydroxyl groups is 1. The van der Waals surface area contributed by atoms with Gasteiger partial charge < -0.3 is 20.2 Å². The number of hydrogen-bond donors (Lipinski definition) is 3. The number of rotatable bonds is 4. The van der Waals surface area contributed by atoms with Gasteiger partial charge in [0.1, 0.15) is 23.5 Å². The third-order valence-corrected chi connectivity index (χ3v) is 6.01. The average molecular weight is 471 g/mol. The van der Waals surface area contributed by atoms with Crippen molar-refractivity contribution in [1.82, 2.24) is 10.6 Å². The first kappa shape index (κ1) is 21.4. The van der Waals surface area contributed by atoms with Crippen LogP contribution in [0.5, 0.6) is 0 Å². The van der Waals surface area contributed by atoms with E-state index in [0.29, 0.717) is 10.6 Å². The number of benzene rings is 1. The van der Waals surface area contributed by atoms with Crippen LogP contribution in [0.1, 0.15) is 21.5 Å². The van der Waals surface area contributed by atoms with Gasteiger partial charge in [-0.25, -0.2) is 4.79 Å². The summed E-state index contributed by atoms with van der Waals surface area (Å²) < 4.78 is 47.3. The van der Waals surface area contributed by atoms with Crippen molar-refractivity contribution in [2.75, 3.05) is 0 Å². The first-order chi connectivity index (χ1) is 14.6. The molecule has 11 heteroatoms. The zero-order chi connectivity index (χ0) is 22.4. The van der Waals surface area contributed by atoms with Gasteiger partial charge in [-0.15, -0.1) is 11.3 Å². The second kappa shape index (κ2) is 7.70. The van der Waals surface area contributed by atoms with Crippen molar-refractivity contribution in [3.05, 3.63) is 69.6 Å².